The third kappa shape index (κ3) is 9.78. The molecule has 2 fully saturated rings. The Kier molecular flexibility index (Phi) is 12.6. The van der Waals surface area contributed by atoms with Gasteiger partial charge in [-0.25, -0.2) is 14.8 Å². The van der Waals surface area contributed by atoms with Crippen molar-refractivity contribution in [3.8, 4) is 17.6 Å². The first-order chi connectivity index (χ1) is 28.7. The summed E-state index contributed by atoms with van der Waals surface area (Å²) in [6.45, 7) is 4.53. The van der Waals surface area contributed by atoms with Crippen molar-refractivity contribution >= 4 is 61.0 Å². The number of carbonyl (C=O) groups excluding carboxylic acids is 2. The van der Waals surface area contributed by atoms with Crippen LogP contribution in [-0.4, -0.2) is 77.7 Å². The van der Waals surface area contributed by atoms with E-state index in [9.17, 15) is 14.4 Å². The molecule has 3 aromatic carbocycles. The lowest BCUT2D eigenvalue weighted by atomic mass is 9.65. The number of aromatic nitrogens is 2. The van der Waals surface area contributed by atoms with Crippen LogP contribution in [0.5, 0.6) is 5.75 Å². The fourth-order valence-corrected chi connectivity index (χ4v) is 10.7. The number of carboxylic acids is 1. The predicted molar refractivity (Wildman–Crippen MR) is 232 cm³/mol. The summed E-state index contributed by atoms with van der Waals surface area (Å²) in [7, 11) is 1.37. The number of fused-ring (bicyclic) bond motifs is 2. The van der Waals surface area contributed by atoms with E-state index in [1.807, 2.05) is 60.7 Å². The van der Waals surface area contributed by atoms with Crippen molar-refractivity contribution in [3.63, 3.8) is 0 Å². The Morgan fingerprint density at radius 1 is 0.949 bits per heavy atom. The van der Waals surface area contributed by atoms with Crippen LogP contribution in [0.4, 0.5) is 10.3 Å². The van der Waals surface area contributed by atoms with Crippen LogP contribution in [0.3, 0.4) is 0 Å². The van der Waals surface area contributed by atoms with Gasteiger partial charge in [0.15, 0.2) is 16.0 Å². The number of carboxylic acid groups (broad SMARTS) is 1. The van der Waals surface area contributed by atoms with Gasteiger partial charge >= 0.3 is 11.9 Å². The van der Waals surface area contributed by atoms with Crippen LogP contribution in [0, 0.1) is 23.2 Å². The van der Waals surface area contributed by atoms with Crippen molar-refractivity contribution in [2.75, 3.05) is 50.1 Å². The summed E-state index contributed by atoms with van der Waals surface area (Å²) in [6.07, 6.45) is 9.12. The van der Waals surface area contributed by atoms with E-state index in [1.54, 1.807) is 0 Å². The third-order valence-electron chi connectivity index (χ3n) is 12.1. The topological polar surface area (TPSA) is 134 Å². The average molecular weight is 832 g/mol. The van der Waals surface area contributed by atoms with E-state index in [0.29, 0.717) is 66.7 Å². The number of esters is 1. The van der Waals surface area contributed by atoms with Crippen molar-refractivity contribution in [1.29, 1.82) is 0 Å². The molecule has 2 aromatic heterocycles. The molecule has 3 aliphatic rings. The number of aryl methyl sites for hydroxylation is 1. The molecule has 11 nitrogen and oxygen atoms in total. The highest BCUT2D eigenvalue weighted by molar-refractivity contribution is 7.22. The van der Waals surface area contributed by atoms with Gasteiger partial charge in [0.1, 0.15) is 5.75 Å². The fraction of sp³-hybridized carbons (Fsp3) is 0.413. The van der Waals surface area contributed by atoms with E-state index in [1.165, 1.54) is 42.6 Å². The molecule has 1 aliphatic carbocycles. The molecule has 59 heavy (non-hydrogen) atoms. The van der Waals surface area contributed by atoms with Gasteiger partial charge in [0.2, 0.25) is 0 Å². The number of nitrogens with zero attached hydrogens (tertiary/aromatic N) is 4. The molecule has 306 valence electrons. The van der Waals surface area contributed by atoms with E-state index >= 15 is 0 Å². The summed E-state index contributed by atoms with van der Waals surface area (Å²) in [6, 6.07) is 21.5. The number of benzene rings is 3. The number of para-hydroxylation sites is 1. The average Bonchev–Trinajstić information content (AvgIpc) is 3.88. The highest BCUT2D eigenvalue weighted by Crippen LogP contribution is 2.47. The molecule has 2 aliphatic heterocycles. The van der Waals surface area contributed by atoms with E-state index in [2.05, 4.69) is 38.0 Å². The molecule has 1 saturated heterocycles. The fourth-order valence-electron chi connectivity index (χ4n) is 8.68. The lowest BCUT2D eigenvalue weighted by molar-refractivity contribution is -0.138. The number of hydrogen-bond acceptors (Lipinski definition) is 11. The summed E-state index contributed by atoms with van der Waals surface area (Å²) in [5.41, 5.74) is 5.21. The van der Waals surface area contributed by atoms with Crippen LogP contribution in [0.1, 0.15) is 93.8 Å². The van der Waals surface area contributed by atoms with Gasteiger partial charge < -0.3 is 19.5 Å². The number of rotatable bonds is 12. The number of nitrogens with one attached hydrogen (secondary N) is 1. The standard InChI is InChI=1S/C46H49N5O6S2/c1-56-43(55)41-39(59-45(48-41)51-25-19-33-8-4-9-35(36(33)30-51)42(54)49-44-47-37-10-2-3-11-38(37)58-44)12-6-28-57-34-15-13-31(14-16-34)7-5-24-50-26-22-46(23-27-50)20-17-32(18-21-46)29-40(52)53/h2-4,8-11,13-16,32H,6,12,17-30H2,1H3,(H,52,53)(H,47,49,54). The van der Waals surface area contributed by atoms with Crippen LogP contribution >= 0.6 is 22.7 Å². The Morgan fingerprint density at radius 2 is 1.75 bits per heavy atom. The number of aliphatic carboxylic acids is 1. The Hall–Kier alpha value is -5.29. The molecule has 1 saturated carbocycles. The number of likely N-dealkylation sites (tertiary alicyclic amines) is 1. The molecule has 2 N–H and O–H groups in total. The summed E-state index contributed by atoms with van der Waals surface area (Å²) in [5.74, 6) is 6.45. The van der Waals surface area contributed by atoms with Crippen molar-refractivity contribution in [2.24, 2.45) is 11.3 Å². The van der Waals surface area contributed by atoms with Gasteiger partial charge in [-0.2, -0.15) is 0 Å². The first kappa shape index (κ1) is 40.5. The lowest BCUT2D eigenvalue weighted by Crippen LogP contribution is -2.42. The van der Waals surface area contributed by atoms with E-state index < -0.39 is 11.9 Å². The SMILES string of the molecule is COC(=O)c1nc(N2CCc3cccc(C(=O)Nc4nc5ccccc5s4)c3C2)sc1CCCOc1ccc(C#CCN2CCC3(CCC(CC(=O)O)CC3)CC2)cc1. The summed E-state index contributed by atoms with van der Waals surface area (Å²) in [5, 5.41) is 13.4. The Bertz CT molecular complexity index is 2330. The number of piperidine rings is 1. The quantitative estimate of drug-likeness (QED) is 0.0717. The predicted octanol–water partition coefficient (Wildman–Crippen LogP) is 8.46. The minimum Gasteiger partial charge on any atom is -0.494 e. The van der Waals surface area contributed by atoms with E-state index in [4.69, 9.17) is 19.6 Å². The number of carbonyl (C=O) groups is 3. The number of hydrogen-bond donors (Lipinski definition) is 2. The molecule has 0 unspecified atom stereocenters. The van der Waals surface area contributed by atoms with Gasteiger partial charge in [-0.15, -0.1) is 11.3 Å². The summed E-state index contributed by atoms with van der Waals surface area (Å²) < 4.78 is 12.2. The molecular formula is C46H49N5O6S2. The zero-order chi connectivity index (χ0) is 40.8. The zero-order valence-electron chi connectivity index (χ0n) is 33.3. The maximum Gasteiger partial charge on any atom is 0.357 e. The molecule has 5 aromatic rings. The maximum atomic E-state index is 13.6. The van der Waals surface area contributed by atoms with Gasteiger partial charge in [-0.05, 0) is 136 Å². The molecule has 0 radical (unpaired) electrons. The smallest absolute Gasteiger partial charge is 0.357 e. The summed E-state index contributed by atoms with van der Waals surface area (Å²) in [4.78, 5) is 52.3. The molecule has 0 atom stereocenters. The van der Waals surface area contributed by atoms with Gasteiger partial charge in [0.05, 0.1) is 30.5 Å². The maximum absolute atomic E-state index is 13.6. The number of amides is 1. The van der Waals surface area contributed by atoms with Crippen molar-refractivity contribution in [1.82, 2.24) is 14.9 Å². The van der Waals surface area contributed by atoms with Gasteiger partial charge in [-0.1, -0.05) is 47.4 Å². The Balaban J connectivity index is 0.817. The van der Waals surface area contributed by atoms with Gasteiger partial charge in [0.25, 0.3) is 5.91 Å². The van der Waals surface area contributed by atoms with E-state index in [-0.39, 0.29) is 5.91 Å². The number of ether oxygens (including phenoxy) is 2. The normalized spacial score (nSPS) is 16.6. The second-order valence-corrected chi connectivity index (χ2v) is 18.0. The van der Waals surface area contributed by atoms with Gasteiger partial charge in [-0.3, -0.25) is 19.8 Å². The first-order valence-electron chi connectivity index (χ1n) is 20.5. The second kappa shape index (κ2) is 18.3. The molecule has 0 bridgehead atoms. The Morgan fingerprint density at radius 3 is 2.51 bits per heavy atom. The molecule has 8 rings (SSSR count). The lowest BCUT2D eigenvalue weighted by Gasteiger charge is -2.45. The Labute approximate surface area is 352 Å². The molecule has 13 heteroatoms. The second-order valence-electron chi connectivity index (χ2n) is 15.9. The van der Waals surface area contributed by atoms with Crippen LogP contribution in [-0.2, 0) is 28.9 Å². The molecule has 1 amide bonds. The van der Waals surface area contributed by atoms with E-state index in [0.717, 1.165) is 94.4 Å². The highest BCUT2D eigenvalue weighted by atomic mass is 32.1. The molecule has 4 heterocycles. The monoisotopic (exact) mass is 831 g/mol. The number of thiazole rings is 2. The van der Waals surface area contributed by atoms with Crippen LogP contribution in [0.15, 0.2) is 66.7 Å². The van der Waals surface area contributed by atoms with Crippen molar-refractivity contribution in [2.45, 2.75) is 70.8 Å². The number of methoxy groups -OCH3 is 1. The largest absolute Gasteiger partial charge is 0.494 e. The van der Waals surface area contributed by atoms with Crippen LogP contribution in [0.2, 0.25) is 0 Å². The van der Waals surface area contributed by atoms with Crippen molar-refractivity contribution < 1.29 is 29.0 Å². The third-order valence-corrected chi connectivity index (χ3v) is 14.2. The molecule has 1 spiro atoms. The highest BCUT2D eigenvalue weighted by Gasteiger charge is 2.38. The first-order valence-corrected chi connectivity index (χ1v) is 22.1. The van der Waals surface area contributed by atoms with Gasteiger partial charge in [0, 0.05) is 35.5 Å². The minimum absolute atomic E-state index is 0.196. The number of anilines is 2. The molecular weight excluding hydrogens is 783 g/mol. The van der Waals surface area contributed by atoms with Crippen molar-refractivity contribution in [3.05, 3.63) is 99.6 Å². The zero-order valence-corrected chi connectivity index (χ0v) is 35.0. The van der Waals surface area contributed by atoms with Crippen LogP contribution < -0.4 is 15.0 Å². The minimum atomic E-state index is -0.667. The summed E-state index contributed by atoms with van der Waals surface area (Å²) >= 11 is 2.94. The van der Waals surface area contributed by atoms with Crippen LogP contribution in [0.25, 0.3) is 10.2 Å².